The van der Waals surface area contributed by atoms with Gasteiger partial charge in [-0.3, -0.25) is 14.4 Å². The molecule has 8 heteroatoms. The van der Waals surface area contributed by atoms with Crippen molar-refractivity contribution in [1.29, 1.82) is 0 Å². The Hall–Kier alpha value is -3.16. The summed E-state index contributed by atoms with van der Waals surface area (Å²) in [6.45, 7) is 9.01. The summed E-state index contributed by atoms with van der Waals surface area (Å²) >= 11 is 6.09. The fraction of sp³-hybridized carbons (Fsp3) is 0.514. The lowest BCUT2D eigenvalue weighted by Gasteiger charge is -2.38. The van der Waals surface area contributed by atoms with E-state index in [4.69, 9.17) is 16.3 Å². The van der Waals surface area contributed by atoms with Gasteiger partial charge >= 0.3 is 0 Å². The Labute approximate surface area is 259 Å². The number of rotatable bonds is 8. The number of anilines is 1. The van der Waals surface area contributed by atoms with Gasteiger partial charge < -0.3 is 20.3 Å². The number of carbonyl (C=O) groups excluding carboxylic acids is 3. The molecule has 2 aromatic carbocycles. The first-order valence-electron chi connectivity index (χ1n) is 15.7. The number of nitrogens with zero attached hydrogens (tertiary/aromatic N) is 1. The summed E-state index contributed by atoms with van der Waals surface area (Å²) in [5.41, 5.74) is 1.69. The molecule has 4 aliphatic rings. The fourth-order valence-electron chi connectivity index (χ4n) is 7.63. The van der Waals surface area contributed by atoms with Gasteiger partial charge in [-0.1, -0.05) is 88.6 Å². The standard InChI is InChI=1S/C35H42ClN3O4/c1-20(2)24-10-14-26(15-11-24)37-32(40)29-28-16-18-35(43-28)30(29)34(42)39(19-17-23-8-12-25(36)13-9-23)31(35)33(41)38-27-7-5-6-21(3)22(27)4/h8-16,18,20-22,27-31H,5-7,17,19H2,1-4H3,(H,37,40)(H,38,41)/t21-,22+,27-,28-,29+,30-,31-,35-/m1/s1. The smallest absolute Gasteiger partial charge is 0.246 e. The number of carbonyl (C=O) groups is 3. The van der Waals surface area contributed by atoms with Crippen molar-refractivity contribution in [2.75, 3.05) is 11.9 Å². The fourth-order valence-corrected chi connectivity index (χ4v) is 7.76. The highest BCUT2D eigenvalue weighted by molar-refractivity contribution is 6.30. The molecule has 0 radical (unpaired) electrons. The monoisotopic (exact) mass is 603 g/mol. The molecule has 1 spiro atoms. The Morgan fingerprint density at radius 3 is 2.47 bits per heavy atom. The lowest BCUT2D eigenvalue weighted by molar-refractivity contribution is -0.141. The largest absolute Gasteiger partial charge is 0.359 e. The normalized spacial score (nSPS) is 32.7. The van der Waals surface area contributed by atoms with Crippen molar-refractivity contribution in [3.05, 3.63) is 76.8 Å². The van der Waals surface area contributed by atoms with Crippen LogP contribution in [-0.2, 0) is 25.5 Å². The summed E-state index contributed by atoms with van der Waals surface area (Å²) in [7, 11) is 0. The first-order chi connectivity index (χ1) is 20.6. The van der Waals surface area contributed by atoms with Crippen LogP contribution >= 0.6 is 11.6 Å². The van der Waals surface area contributed by atoms with Crippen molar-refractivity contribution in [2.24, 2.45) is 23.7 Å². The number of ether oxygens (including phenoxy) is 1. The van der Waals surface area contributed by atoms with Crippen LogP contribution in [0.15, 0.2) is 60.7 Å². The van der Waals surface area contributed by atoms with Gasteiger partial charge in [-0.2, -0.15) is 0 Å². The number of nitrogens with one attached hydrogen (secondary N) is 2. The van der Waals surface area contributed by atoms with Crippen LogP contribution in [-0.4, -0.2) is 53.0 Å². The molecule has 2 N–H and O–H groups in total. The number of amides is 3. The second-order valence-electron chi connectivity index (χ2n) is 13.3. The Morgan fingerprint density at radius 2 is 1.77 bits per heavy atom. The van der Waals surface area contributed by atoms with Crippen LogP contribution in [0, 0.1) is 23.7 Å². The van der Waals surface area contributed by atoms with E-state index >= 15 is 0 Å². The molecule has 7 nitrogen and oxygen atoms in total. The second-order valence-corrected chi connectivity index (χ2v) is 13.7. The van der Waals surface area contributed by atoms with Crippen LogP contribution in [0.5, 0.6) is 0 Å². The van der Waals surface area contributed by atoms with Gasteiger partial charge in [0.2, 0.25) is 17.7 Å². The molecule has 2 bridgehead atoms. The molecule has 0 aromatic heterocycles. The molecular weight excluding hydrogens is 562 g/mol. The molecule has 43 heavy (non-hydrogen) atoms. The molecule has 2 saturated heterocycles. The van der Waals surface area contributed by atoms with Crippen molar-refractivity contribution in [2.45, 2.75) is 83.1 Å². The summed E-state index contributed by atoms with van der Waals surface area (Å²) in [5.74, 6) is -0.950. The summed E-state index contributed by atoms with van der Waals surface area (Å²) in [5, 5.41) is 6.99. The third-order valence-electron chi connectivity index (χ3n) is 10.4. The molecule has 228 valence electrons. The SMILES string of the molecule is CC(C)c1ccc(NC(=O)[C@H]2[C@H]3C=C[C@@]4(O3)[C@H]2C(=O)N(CCc2ccc(Cl)cc2)[C@@H]4C(=O)N[C@@H]2CCC[C@@H](C)[C@@H]2C)cc1. The Morgan fingerprint density at radius 1 is 1.05 bits per heavy atom. The average Bonchev–Trinajstić information content (AvgIpc) is 3.62. The highest BCUT2D eigenvalue weighted by atomic mass is 35.5. The summed E-state index contributed by atoms with van der Waals surface area (Å²) < 4.78 is 6.53. The minimum Gasteiger partial charge on any atom is -0.359 e. The molecule has 1 saturated carbocycles. The van der Waals surface area contributed by atoms with Crippen molar-refractivity contribution < 1.29 is 19.1 Å². The first-order valence-corrected chi connectivity index (χ1v) is 16.1. The number of likely N-dealkylation sites (tertiary alicyclic amines) is 1. The number of fused-ring (bicyclic) bond motifs is 1. The Balaban J connectivity index is 1.28. The molecule has 1 aliphatic carbocycles. The Kier molecular flexibility index (Phi) is 8.16. The van der Waals surface area contributed by atoms with Gasteiger partial charge in [-0.25, -0.2) is 0 Å². The van der Waals surface area contributed by atoms with E-state index in [1.54, 1.807) is 4.90 Å². The maximum Gasteiger partial charge on any atom is 0.246 e. The van der Waals surface area contributed by atoms with E-state index in [0.29, 0.717) is 41.4 Å². The van der Waals surface area contributed by atoms with Gasteiger partial charge in [0.05, 0.1) is 17.9 Å². The third-order valence-corrected chi connectivity index (χ3v) is 10.6. The van der Waals surface area contributed by atoms with Gasteiger partial charge in [0.25, 0.3) is 0 Å². The molecular formula is C35H42ClN3O4. The van der Waals surface area contributed by atoms with Crippen LogP contribution in [0.4, 0.5) is 5.69 Å². The predicted octanol–water partition coefficient (Wildman–Crippen LogP) is 5.74. The van der Waals surface area contributed by atoms with E-state index in [1.807, 2.05) is 60.7 Å². The highest BCUT2D eigenvalue weighted by Crippen LogP contribution is 2.55. The summed E-state index contributed by atoms with van der Waals surface area (Å²) in [4.78, 5) is 44.0. The number of hydrogen-bond donors (Lipinski definition) is 2. The van der Waals surface area contributed by atoms with Crippen LogP contribution in [0.2, 0.25) is 5.02 Å². The highest BCUT2D eigenvalue weighted by Gasteiger charge is 2.72. The van der Waals surface area contributed by atoms with Gasteiger partial charge in [-0.05, 0) is 66.0 Å². The molecule has 3 fully saturated rings. The lowest BCUT2D eigenvalue weighted by Crippen LogP contribution is -2.58. The predicted molar refractivity (Wildman–Crippen MR) is 168 cm³/mol. The zero-order valence-corrected chi connectivity index (χ0v) is 26.1. The second kappa shape index (κ2) is 11.7. The summed E-state index contributed by atoms with van der Waals surface area (Å²) in [6, 6.07) is 14.5. The zero-order chi connectivity index (χ0) is 30.5. The molecule has 3 amide bonds. The molecule has 3 heterocycles. The van der Waals surface area contributed by atoms with Gasteiger partial charge in [-0.15, -0.1) is 0 Å². The number of halogens is 1. The maximum atomic E-state index is 14.3. The summed E-state index contributed by atoms with van der Waals surface area (Å²) in [6.07, 6.45) is 6.86. The molecule has 2 aromatic rings. The van der Waals surface area contributed by atoms with Crippen LogP contribution in [0.3, 0.4) is 0 Å². The van der Waals surface area contributed by atoms with Gasteiger partial charge in [0.1, 0.15) is 11.6 Å². The van der Waals surface area contributed by atoms with Crippen LogP contribution < -0.4 is 10.6 Å². The van der Waals surface area contributed by atoms with E-state index in [2.05, 4.69) is 38.3 Å². The van der Waals surface area contributed by atoms with Crippen LogP contribution in [0.25, 0.3) is 0 Å². The quantitative estimate of drug-likeness (QED) is 0.377. The van der Waals surface area contributed by atoms with E-state index < -0.39 is 29.6 Å². The molecule has 0 unspecified atom stereocenters. The topological polar surface area (TPSA) is 87.7 Å². The van der Waals surface area contributed by atoms with Gasteiger partial charge in [0.15, 0.2) is 0 Å². The molecule has 3 aliphatic heterocycles. The van der Waals surface area contributed by atoms with Crippen molar-refractivity contribution in [1.82, 2.24) is 10.2 Å². The van der Waals surface area contributed by atoms with Crippen LogP contribution in [0.1, 0.15) is 64.0 Å². The van der Waals surface area contributed by atoms with Crippen molar-refractivity contribution >= 4 is 35.0 Å². The molecule has 6 rings (SSSR count). The minimum atomic E-state index is -1.18. The lowest BCUT2D eigenvalue weighted by atomic mass is 9.73. The Bertz CT molecular complexity index is 1410. The van der Waals surface area contributed by atoms with Gasteiger partial charge in [0, 0.05) is 23.3 Å². The van der Waals surface area contributed by atoms with E-state index in [0.717, 1.165) is 24.8 Å². The zero-order valence-electron chi connectivity index (χ0n) is 25.4. The van der Waals surface area contributed by atoms with E-state index in [-0.39, 0.29) is 23.8 Å². The number of hydrogen-bond acceptors (Lipinski definition) is 4. The number of benzene rings is 2. The van der Waals surface area contributed by atoms with Crippen molar-refractivity contribution in [3.8, 4) is 0 Å². The maximum absolute atomic E-state index is 14.3. The minimum absolute atomic E-state index is 0.0374. The van der Waals surface area contributed by atoms with E-state index in [1.165, 1.54) is 5.56 Å². The first kappa shape index (κ1) is 29.9. The van der Waals surface area contributed by atoms with E-state index in [9.17, 15) is 14.4 Å². The van der Waals surface area contributed by atoms with Crippen molar-refractivity contribution in [3.63, 3.8) is 0 Å². The molecule has 8 atom stereocenters. The average molecular weight is 604 g/mol. The third kappa shape index (κ3) is 5.40.